The summed E-state index contributed by atoms with van der Waals surface area (Å²) in [7, 11) is 0. The summed E-state index contributed by atoms with van der Waals surface area (Å²) in [5, 5.41) is 11.5. The van der Waals surface area contributed by atoms with Gasteiger partial charge in [-0.05, 0) is 5.92 Å². The van der Waals surface area contributed by atoms with Crippen LogP contribution in [0.3, 0.4) is 0 Å². The molecular formula is C10H18N6O2. The highest BCUT2D eigenvalue weighted by atomic mass is 16.2. The molecule has 1 aromatic rings. The van der Waals surface area contributed by atoms with E-state index in [1.165, 1.54) is 6.92 Å². The van der Waals surface area contributed by atoms with Gasteiger partial charge in [0.15, 0.2) is 0 Å². The molecule has 2 amide bonds. The maximum absolute atomic E-state index is 11.9. The maximum atomic E-state index is 11.9. The number of nitrogens with two attached hydrogens (primary N) is 1. The van der Waals surface area contributed by atoms with E-state index in [0.717, 1.165) is 0 Å². The normalized spacial score (nSPS) is 12.2. The van der Waals surface area contributed by atoms with Gasteiger partial charge in [0.05, 0.1) is 6.54 Å². The number of carbonyl (C=O) groups excluding carboxylic acids is 2. The van der Waals surface area contributed by atoms with Crippen molar-refractivity contribution in [1.29, 1.82) is 0 Å². The second-order valence-electron chi connectivity index (χ2n) is 4.28. The van der Waals surface area contributed by atoms with E-state index in [2.05, 4.69) is 25.8 Å². The lowest BCUT2D eigenvalue weighted by Gasteiger charge is -2.20. The number of rotatable bonds is 5. The van der Waals surface area contributed by atoms with Crippen LogP contribution in [0.25, 0.3) is 0 Å². The molecule has 1 heterocycles. The zero-order valence-electron chi connectivity index (χ0n) is 10.7. The van der Waals surface area contributed by atoms with E-state index in [4.69, 9.17) is 5.73 Å². The molecular weight excluding hydrogens is 236 g/mol. The van der Waals surface area contributed by atoms with E-state index >= 15 is 0 Å². The van der Waals surface area contributed by atoms with Crippen LogP contribution in [-0.2, 0) is 16.1 Å². The Morgan fingerprint density at radius 1 is 1.44 bits per heavy atom. The highest BCUT2D eigenvalue weighted by Gasteiger charge is 2.22. The number of nitrogen functional groups attached to an aromatic ring is 1. The largest absolute Gasteiger partial charge is 0.367 e. The molecule has 5 N–H and O–H groups in total. The third-order valence-electron chi connectivity index (χ3n) is 2.29. The van der Waals surface area contributed by atoms with Gasteiger partial charge in [-0.15, -0.1) is 5.10 Å². The number of nitrogens with zero attached hydrogens (tertiary/aromatic N) is 2. The zero-order valence-corrected chi connectivity index (χ0v) is 10.7. The number of nitrogens with one attached hydrogen (secondary N) is 3. The standard InChI is InChI=1S/C10H18N6O2/c1-5(2)8(13-6(3)17)9(18)12-4-7-14-10(11)16-15-7/h5,8H,4H2,1-3H3,(H,12,18)(H,13,17)(H3,11,14,15,16). The number of aromatic amines is 1. The summed E-state index contributed by atoms with van der Waals surface area (Å²) >= 11 is 0. The third-order valence-corrected chi connectivity index (χ3v) is 2.29. The fourth-order valence-electron chi connectivity index (χ4n) is 1.42. The summed E-state index contributed by atoms with van der Waals surface area (Å²) in [5.74, 6) is 0.0735. The molecule has 1 rings (SSSR count). The van der Waals surface area contributed by atoms with E-state index in [9.17, 15) is 9.59 Å². The van der Waals surface area contributed by atoms with Crippen LogP contribution in [-0.4, -0.2) is 33.0 Å². The van der Waals surface area contributed by atoms with Crippen molar-refractivity contribution in [2.24, 2.45) is 5.92 Å². The maximum Gasteiger partial charge on any atom is 0.243 e. The van der Waals surface area contributed by atoms with Crippen LogP contribution >= 0.6 is 0 Å². The summed E-state index contributed by atoms with van der Waals surface area (Å²) < 4.78 is 0. The van der Waals surface area contributed by atoms with Crippen molar-refractivity contribution >= 4 is 17.8 Å². The number of H-pyrrole nitrogens is 1. The van der Waals surface area contributed by atoms with Gasteiger partial charge in [0.1, 0.15) is 11.9 Å². The van der Waals surface area contributed by atoms with Crippen LogP contribution in [0.1, 0.15) is 26.6 Å². The van der Waals surface area contributed by atoms with E-state index < -0.39 is 6.04 Å². The molecule has 18 heavy (non-hydrogen) atoms. The summed E-state index contributed by atoms with van der Waals surface area (Å²) in [4.78, 5) is 26.7. The van der Waals surface area contributed by atoms with Crippen molar-refractivity contribution in [2.45, 2.75) is 33.4 Å². The lowest BCUT2D eigenvalue weighted by Crippen LogP contribution is -2.48. The van der Waals surface area contributed by atoms with E-state index in [0.29, 0.717) is 5.82 Å². The van der Waals surface area contributed by atoms with Crippen molar-refractivity contribution in [1.82, 2.24) is 25.8 Å². The van der Waals surface area contributed by atoms with Gasteiger partial charge < -0.3 is 16.4 Å². The quantitative estimate of drug-likeness (QED) is 0.545. The number of hydrogen-bond acceptors (Lipinski definition) is 5. The Hall–Kier alpha value is -2.12. The molecule has 0 radical (unpaired) electrons. The summed E-state index contributed by atoms with van der Waals surface area (Å²) in [6.07, 6.45) is 0. The molecule has 0 aromatic carbocycles. The first-order chi connectivity index (χ1) is 8.40. The molecule has 0 aliphatic heterocycles. The van der Waals surface area contributed by atoms with E-state index in [-0.39, 0.29) is 30.2 Å². The lowest BCUT2D eigenvalue weighted by atomic mass is 10.0. The summed E-state index contributed by atoms with van der Waals surface area (Å²) in [5.41, 5.74) is 5.34. The fourth-order valence-corrected chi connectivity index (χ4v) is 1.42. The third kappa shape index (κ3) is 4.04. The van der Waals surface area contributed by atoms with Gasteiger partial charge in [0, 0.05) is 6.92 Å². The molecule has 1 atom stereocenters. The van der Waals surface area contributed by atoms with Gasteiger partial charge in [0.25, 0.3) is 0 Å². The topological polar surface area (TPSA) is 126 Å². The smallest absolute Gasteiger partial charge is 0.243 e. The second-order valence-corrected chi connectivity index (χ2v) is 4.28. The minimum atomic E-state index is -0.567. The number of amides is 2. The molecule has 1 aromatic heterocycles. The first kappa shape index (κ1) is 13.9. The molecule has 0 saturated carbocycles. The van der Waals surface area contributed by atoms with Gasteiger partial charge in [-0.2, -0.15) is 4.98 Å². The molecule has 0 aliphatic rings. The Morgan fingerprint density at radius 3 is 2.56 bits per heavy atom. The van der Waals surface area contributed by atoms with Gasteiger partial charge in [-0.25, -0.2) is 0 Å². The predicted molar refractivity (Wildman–Crippen MR) is 65.1 cm³/mol. The Labute approximate surface area is 105 Å². The fraction of sp³-hybridized carbons (Fsp3) is 0.600. The predicted octanol–water partition coefficient (Wildman–Crippen LogP) is -0.836. The molecule has 0 aliphatic carbocycles. The van der Waals surface area contributed by atoms with Crippen LogP contribution in [0.15, 0.2) is 0 Å². The molecule has 100 valence electrons. The minimum absolute atomic E-state index is 0.00584. The minimum Gasteiger partial charge on any atom is -0.367 e. The Morgan fingerprint density at radius 2 is 2.11 bits per heavy atom. The molecule has 0 saturated heterocycles. The Balaban J connectivity index is 2.53. The van der Waals surface area contributed by atoms with Crippen LogP contribution < -0.4 is 16.4 Å². The molecule has 0 spiro atoms. The number of hydrogen-bond donors (Lipinski definition) is 4. The summed E-state index contributed by atoms with van der Waals surface area (Å²) in [6.45, 7) is 5.27. The first-order valence-corrected chi connectivity index (χ1v) is 5.61. The Bertz CT molecular complexity index is 428. The van der Waals surface area contributed by atoms with Gasteiger partial charge in [-0.3, -0.25) is 14.7 Å². The molecule has 0 bridgehead atoms. The van der Waals surface area contributed by atoms with Gasteiger partial charge in [-0.1, -0.05) is 13.8 Å². The van der Waals surface area contributed by atoms with Crippen molar-refractivity contribution in [2.75, 3.05) is 5.73 Å². The second kappa shape index (κ2) is 5.99. The van der Waals surface area contributed by atoms with Crippen LogP contribution in [0.4, 0.5) is 5.95 Å². The van der Waals surface area contributed by atoms with Crippen molar-refractivity contribution < 1.29 is 9.59 Å². The average Bonchev–Trinajstić information content (AvgIpc) is 2.68. The highest BCUT2D eigenvalue weighted by Crippen LogP contribution is 2.02. The van der Waals surface area contributed by atoms with E-state index in [1.54, 1.807) is 0 Å². The molecule has 1 unspecified atom stereocenters. The van der Waals surface area contributed by atoms with Crippen LogP contribution in [0.5, 0.6) is 0 Å². The number of anilines is 1. The van der Waals surface area contributed by atoms with Crippen molar-refractivity contribution in [3.8, 4) is 0 Å². The molecule has 8 nitrogen and oxygen atoms in total. The average molecular weight is 254 g/mol. The SMILES string of the molecule is CC(=O)NC(C(=O)NCc1nc(N)n[nH]1)C(C)C. The summed E-state index contributed by atoms with van der Waals surface area (Å²) in [6, 6.07) is -0.567. The lowest BCUT2D eigenvalue weighted by molar-refractivity contribution is -0.129. The highest BCUT2D eigenvalue weighted by molar-refractivity contribution is 5.86. The van der Waals surface area contributed by atoms with Crippen LogP contribution in [0, 0.1) is 5.92 Å². The van der Waals surface area contributed by atoms with Gasteiger partial charge >= 0.3 is 0 Å². The number of carbonyl (C=O) groups is 2. The Kier molecular flexibility index (Phi) is 4.64. The molecule has 0 fully saturated rings. The molecule has 8 heteroatoms. The van der Waals surface area contributed by atoms with Crippen molar-refractivity contribution in [3.05, 3.63) is 5.82 Å². The number of aromatic nitrogens is 3. The van der Waals surface area contributed by atoms with E-state index in [1.807, 2.05) is 13.8 Å². The van der Waals surface area contributed by atoms with Gasteiger partial charge in [0.2, 0.25) is 17.8 Å². The van der Waals surface area contributed by atoms with Crippen molar-refractivity contribution in [3.63, 3.8) is 0 Å². The first-order valence-electron chi connectivity index (χ1n) is 5.61. The van der Waals surface area contributed by atoms with Crippen LogP contribution in [0.2, 0.25) is 0 Å². The zero-order chi connectivity index (χ0) is 13.7. The monoisotopic (exact) mass is 254 g/mol.